The molecule has 0 aliphatic carbocycles. The van der Waals surface area contributed by atoms with Gasteiger partial charge in [0.15, 0.2) is 0 Å². The van der Waals surface area contributed by atoms with Gasteiger partial charge in [0.25, 0.3) is 0 Å². The largest absolute Gasteiger partial charge is 0.508 e. The predicted molar refractivity (Wildman–Crippen MR) is 125 cm³/mol. The van der Waals surface area contributed by atoms with Crippen molar-refractivity contribution < 1.29 is 15.0 Å². The Morgan fingerprint density at radius 2 is 1.33 bits per heavy atom. The number of carbonyl (C=O) groups is 1. The van der Waals surface area contributed by atoms with E-state index < -0.39 is 0 Å². The minimum absolute atomic E-state index is 0.0122. The number of carbonyl (C=O) groups excluding carboxylic acids is 1. The average molecular weight is 419 g/mol. The Hall–Kier alpha value is -2.04. The SMILES string of the molecule is CCCCCCCCCCCCCCCCCC(=O)N/N=C\c1ccc(O)cc1O. The summed E-state index contributed by atoms with van der Waals surface area (Å²) in [4.78, 5) is 11.8. The zero-order valence-corrected chi connectivity index (χ0v) is 18.9. The lowest BCUT2D eigenvalue weighted by Crippen LogP contribution is -2.16. The van der Waals surface area contributed by atoms with Crippen molar-refractivity contribution in [3.63, 3.8) is 0 Å². The predicted octanol–water partition coefficient (Wildman–Crippen LogP) is 6.81. The molecule has 0 unspecified atom stereocenters. The van der Waals surface area contributed by atoms with E-state index in [1.807, 2.05) is 0 Å². The minimum atomic E-state index is -0.112. The molecule has 1 rings (SSSR count). The molecular weight excluding hydrogens is 376 g/mol. The summed E-state index contributed by atoms with van der Waals surface area (Å²) < 4.78 is 0. The van der Waals surface area contributed by atoms with E-state index in [1.54, 1.807) is 0 Å². The van der Waals surface area contributed by atoms with Gasteiger partial charge in [-0.15, -0.1) is 0 Å². The highest BCUT2D eigenvalue weighted by molar-refractivity contribution is 5.85. The molecule has 1 aromatic carbocycles. The molecule has 0 fully saturated rings. The van der Waals surface area contributed by atoms with Crippen LogP contribution in [0.4, 0.5) is 0 Å². The van der Waals surface area contributed by atoms with Crippen LogP contribution in [0.25, 0.3) is 0 Å². The number of phenolic OH excluding ortho intramolecular Hbond substituents is 2. The van der Waals surface area contributed by atoms with E-state index in [2.05, 4.69) is 17.5 Å². The molecule has 5 heteroatoms. The van der Waals surface area contributed by atoms with E-state index in [0.717, 1.165) is 12.8 Å². The molecule has 0 bridgehead atoms. The summed E-state index contributed by atoms with van der Waals surface area (Å²) in [6.07, 6.45) is 21.4. The summed E-state index contributed by atoms with van der Waals surface area (Å²) in [5.41, 5.74) is 2.92. The van der Waals surface area contributed by atoms with Gasteiger partial charge in [-0.25, -0.2) is 5.43 Å². The molecule has 30 heavy (non-hydrogen) atoms. The molecule has 1 aromatic rings. The Labute approximate surface area is 183 Å². The van der Waals surface area contributed by atoms with Gasteiger partial charge in [0, 0.05) is 18.1 Å². The van der Waals surface area contributed by atoms with Gasteiger partial charge in [-0.05, 0) is 18.6 Å². The Balaban J connectivity index is 1.88. The number of benzene rings is 1. The van der Waals surface area contributed by atoms with E-state index in [9.17, 15) is 15.0 Å². The summed E-state index contributed by atoms with van der Waals surface area (Å²) in [7, 11) is 0. The molecule has 170 valence electrons. The second-order valence-corrected chi connectivity index (χ2v) is 8.24. The average Bonchev–Trinajstić information content (AvgIpc) is 2.72. The fourth-order valence-electron chi connectivity index (χ4n) is 3.53. The standard InChI is InChI=1S/C25H42N2O3/c1-2-3-4-5-6-7-8-9-10-11-12-13-14-15-16-17-25(30)27-26-21-22-18-19-23(28)20-24(22)29/h18-21,28-29H,2-17H2,1H3,(H,27,30)/b26-21-. The molecule has 5 nitrogen and oxygen atoms in total. The van der Waals surface area contributed by atoms with Gasteiger partial charge in [0.05, 0.1) is 6.21 Å². The zero-order valence-electron chi connectivity index (χ0n) is 18.9. The van der Waals surface area contributed by atoms with Crippen molar-refractivity contribution in [1.29, 1.82) is 0 Å². The Bertz CT molecular complexity index is 602. The van der Waals surface area contributed by atoms with Crippen LogP contribution in [-0.2, 0) is 4.79 Å². The lowest BCUT2D eigenvalue weighted by atomic mass is 10.0. The molecule has 0 heterocycles. The molecule has 0 radical (unpaired) electrons. The monoisotopic (exact) mass is 418 g/mol. The lowest BCUT2D eigenvalue weighted by molar-refractivity contribution is -0.121. The molecule has 3 N–H and O–H groups in total. The second kappa shape index (κ2) is 17.8. The fraction of sp³-hybridized carbons (Fsp3) is 0.680. The Kier molecular flexibility index (Phi) is 15.4. The zero-order chi connectivity index (χ0) is 21.9. The highest BCUT2D eigenvalue weighted by Gasteiger charge is 2.01. The van der Waals surface area contributed by atoms with Crippen LogP contribution in [0, 0.1) is 0 Å². The third-order valence-corrected chi connectivity index (χ3v) is 5.41. The highest BCUT2D eigenvalue weighted by atomic mass is 16.3. The van der Waals surface area contributed by atoms with Crippen LogP contribution >= 0.6 is 0 Å². The maximum absolute atomic E-state index is 11.8. The van der Waals surface area contributed by atoms with Crippen LogP contribution in [-0.4, -0.2) is 22.3 Å². The number of aromatic hydroxyl groups is 2. The van der Waals surface area contributed by atoms with E-state index >= 15 is 0 Å². The van der Waals surface area contributed by atoms with Gasteiger partial charge >= 0.3 is 0 Å². The molecule has 0 saturated heterocycles. The van der Waals surface area contributed by atoms with Crippen molar-refractivity contribution >= 4 is 12.1 Å². The summed E-state index contributed by atoms with van der Waals surface area (Å²) in [6, 6.07) is 4.23. The number of phenols is 2. The first-order valence-electron chi connectivity index (χ1n) is 12.0. The van der Waals surface area contributed by atoms with Crippen molar-refractivity contribution in [1.82, 2.24) is 5.43 Å². The maximum Gasteiger partial charge on any atom is 0.240 e. The number of amides is 1. The highest BCUT2D eigenvalue weighted by Crippen LogP contribution is 2.20. The third-order valence-electron chi connectivity index (χ3n) is 5.41. The third kappa shape index (κ3) is 14.0. The van der Waals surface area contributed by atoms with Gasteiger partial charge in [-0.3, -0.25) is 4.79 Å². The van der Waals surface area contributed by atoms with Crippen LogP contribution in [0.3, 0.4) is 0 Å². The van der Waals surface area contributed by atoms with Crippen molar-refractivity contribution in [3.05, 3.63) is 23.8 Å². The smallest absolute Gasteiger partial charge is 0.240 e. The molecule has 0 aliphatic rings. The van der Waals surface area contributed by atoms with Crippen molar-refractivity contribution in [2.24, 2.45) is 5.10 Å². The fourth-order valence-corrected chi connectivity index (χ4v) is 3.53. The summed E-state index contributed by atoms with van der Waals surface area (Å²) in [5.74, 6) is -0.198. The number of nitrogens with one attached hydrogen (secondary N) is 1. The molecule has 0 aliphatic heterocycles. The Morgan fingerprint density at radius 1 is 0.833 bits per heavy atom. The quantitative estimate of drug-likeness (QED) is 0.139. The van der Waals surface area contributed by atoms with Crippen LogP contribution in [0.1, 0.15) is 115 Å². The van der Waals surface area contributed by atoms with Crippen LogP contribution in [0.2, 0.25) is 0 Å². The second-order valence-electron chi connectivity index (χ2n) is 8.24. The minimum Gasteiger partial charge on any atom is -0.508 e. The van der Waals surface area contributed by atoms with Gasteiger partial charge in [0.2, 0.25) is 5.91 Å². The van der Waals surface area contributed by atoms with E-state index in [0.29, 0.717) is 12.0 Å². The first-order chi connectivity index (χ1) is 14.6. The first kappa shape index (κ1) is 26.0. The number of hydrogen-bond donors (Lipinski definition) is 3. The van der Waals surface area contributed by atoms with Crippen molar-refractivity contribution in [2.75, 3.05) is 0 Å². The van der Waals surface area contributed by atoms with Gasteiger partial charge in [0.1, 0.15) is 11.5 Å². The van der Waals surface area contributed by atoms with E-state index in [-0.39, 0.29) is 17.4 Å². The topological polar surface area (TPSA) is 81.9 Å². The molecule has 0 spiro atoms. The summed E-state index contributed by atoms with van der Waals surface area (Å²) in [6.45, 7) is 2.27. The van der Waals surface area contributed by atoms with Gasteiger partial charge in [-0.2, -0.15) is 5.10 Å². The van der Waals surface area contributed by atoms with Crippen LogP contribution in [0.15, 0.2) is 23.3 Å². The lowest BCUT2D eigenvalue weighted by Gasteiger charge is -2.03. The Morgan fingerprint density at radius 3 is 1.83 bits per heavy atom. The van der Waals surface area contributed by atoms with Gasteiger partial charge in [-0.1, -0.05) is 96.8 Å². The molecule has 0 atom stereocenters. The maximum atomic E-state index is 11.8. The normalized spacial score (nSPS) is 11.2. The number of rotatable bonds is 18. The van der Waals surface area contributed by atoms with Crippen molar-refractivity contribution in [2.45, 2.75) is 110 Å². The summed E-state index contributed by atoms with van der Waals surface area (Å²) in [5, 5.41) is 22.7. The number of hydrazone groups is 1. The molecule has 0 aromatic heterocycles. The molecule has 1 amide bonds. The van der Waals surface area contributed by atoms with Crippen LogP contribution in [0.5, 0.6) is 11.5 Å². The number of hydrogen-bond acceptors (Lipinski definition) is 4. The van der Waals surface area contributed by atoms with Crippen LogP contribution < -0.4 is 5.43 Å². The first-order valence-corrected chi connectivity index (χ1v) is 12.0. The summed E-state index contributed by atoms with van der Waals surface area (Å²) >= 11 is 0. The molecule has 0 saturated carbocycles. The number of nitrogens with zero attached hydrogens (tertiary/aromatic N) is 1. The van der Waals surface area contributed by atoms with E-state index in [4.69, 9.17) is 0 Å². The number of unbranched alkanes of at least 4 members (excludes halogenated alkanes) is 14. The van der Waals surface area contributed by atoms with Gasteiger partial charge < -0.3 is 10.2 Å². The molecular formula is C25H42N2O3. The van der Waals surface area contributed by atoms with Crippen molar-refractivity contribution in [3.8, 4) is 11.5 Å². The van der Waals surface area contributed by atoms with E-state index in [1.165, 1.54) is 108 Å².